The Bertz CT molecular complexity index is 10100. The van der Waals surface area contributed by atoms with Crippen LogP contribution in [0.2, 0.25) is 0 Å². The number of hydrogen-bond acceptors (Lipinski definition) is 19. The lowest BCUT2D eigenvalue weighted by atomic mass is 9.94. The quantitative estimate of drug-likeness (QED) is 0.0411. The van der Waals surface area contributed by atoms with Gasteiger partial charge >= 0.3 is 46.1 Å². The van der Waals surface area contributed by atoms with E-state index in [0.717, 1.165) is 192 Å². The Morgan fingerprint density at radius 1 is 0.213 bits per heavy atom. The normalized spacial score (nSPS) is 11.6. The number of nitrogens with zero attached hydrogens (tertiary/aromatic N) is 1. The fraction of sp³-hybridized carbons (Fsp3) is 0. The van der Waals surface area contributed by atoms with Crippen LogP contribution in [0.5, 0.6) is 34.5 Å². The summed E-state index contributed by atoms with van der Waals surface area (Å²) in [6.07, 6.45) is 1.75. The first kappa shape index (κ1) is 89.0. The molecule has 6 radical (unpaired) electrons. The molecule has 0 aliphatic carbocycles. The number of benzene rings is 21. The summed E-state index contributed by atoms with van der Waals surface area (Å²) in [5.41, 5.74) is 21.4. The zero-order valence-electron chi connectivity index (χ0n) is 84.4. The van der Waals surface area contributed by atoms with Gasteiger partial charge in [0.25, 0.3) is 0 Å². The maximum atomic E-state index is 9.43. The van der Waals surface area contributed by atoms with Crippen molar-refractivity contribution in [1.82, 2.24) is 4.98 Å². The lowest BCUT2D eigenvalue weighted by molar-refractivity contribution is 0.450. The van der Waals surface area contributed by atoms with E-state index in [2.05, 4.69) is 120 Å². The van der Waals surface area contributed by atoms with Gasteiger partial charge in [0.05, 0.1) is 17.9 Å². The van der Waals surface area contributed by atoms with Gasteiger partial charge in [-0.2, -0.15) is 0 Å². The van der Waals surface area contributed by atoms with E-state index in [1.807, 2.05) is 261 Å². The number of aromatic nitrogens is 1. The van der Waals surface area contributed by atoms with Gasteiger partial charge in [-0.1, -0.05) is 340 Å². The molecule has 0 saturated heterocycles. The summed E-state index contributed by atoms with van der Waals surface area (Å²) in [6.45, 7) is 0. The molecular formula is C125H81B6NO18. The maximum absolute atomic E-state index is 9.43. The molecular weight excluding hydrogens is 1870 g/mol. The van der Waals surface area contributed by atoms with E-state index in [-0.39, 0.29) is 17.6 Å². The van der Waals surface area contributed by atoms with Crippen LogP contribution in [0.1, 0.15) is 6.85 Å². The molecule has 0 bridgehead atoms. The smallest absolute Gasteiger partial charge is 0.537 e. The third-order valence-electron chi connectivity index (χ3n) is 26.1. The molecule has 6 N–H and O–H groups in total. The summed E-state index contributed by atoms with van der Waals surface area (Å²) in [5.74, 6) is 2.87. The van der Waals surface area contributed by atoms with Crippen molar-refractivity contribution in [3.05, 3.63) is 455 Å². The SMILES string of the molecule is O[B]Oc1c2ccccc2cc2c1oc1c3ccccc3cc(-c3ccccc3)c21.O[B]Oc1cc(-c2ccccn2)cc2c1oc1c(-c3ccccc3)cccc12.O[B]Oc1ccc2c(c1)oc1c(-c3ccccc3)c3ccccc3cc12.O[B]Oc1cccc2c1oc1ccc(-c3ccccc3)cc12.O[B]Oc1cccc2oc3ccc(-c4ccccc4)cc3c12.[2H]c1c([2H])c([2H])c(-c2cccc3c2oc2c(O[B]O)cccc23)c([2H])c1[2H]. The third-order valence-corrected chi connectivity index (χ3v) is 26.1. The summed E-state index contributed by atoms with van der Waals surface area (Å²) in [4.78, 5) is 4.43. The molecule has 0 aliphatic heterocycles. The van der Waals surface area contributed by atoms with Gasteiger partial charge < -0.3 is 84.6 Å². The summed E-state index contributed by atoms with van der Waals surface area (Å²) in [7, 11) is 3.96. The van der Waals surface area contributed by atoms with Crippen LogP contribution in [0.15, 0.2) is 481 Å². The van der Waals surface area contributed by atoms with Crippen LogP contribution in [0.25, 0.3) is 242 Å². The summed E-state index contributed by atoms with van der Waals surface area (Å²) >= 11 is 0. The molecule has 25 heteroatoms. The largest absolute Gasteiger partial charge is 0.569 e. The highest BCUT2D eigenvalue weighted by Gasteiger charge is 2.26. The summed E-state index contributed by atoms with van der Waals surface area (Å²) in [5, 5.41) is 71.9. The minimum absolute atomic E-state index is 0.0712. The Kier molecular flexibility index (Phi) is 25.5. The minimum Gasteiger partial charge on any atom is -0.537 e. The molecule has 0 atom stereocenters. The van der Waals surface area contributed by atoms with Crippen LogP contribution < -0.4 is 27.9 Å². The highest BCUT2D eigenvalue weighted by Crippen LogP contribution is 2.50. The van der Waals surface area contributed by atoms with Gasteiger partial charge in [0.15, 0.2) is 28.1 Å². The Balaban J connectivity index is 0.000000101. The van der Waals surface area contributed by atoms with Gasteiger partial charge in [-0.25, -0.2) is 0 Å². The van der Waals surface area contributed by atoms with Crippen molar-refractivity contribution in [2.45, 2.75) is 0 Å². The van der Waals surface area contributed by atoms with Gasteiger partial charge in [0.1, 0.15) is 73.4 Å². The average molecular weight is 1950 g/mol. The van der Waals surface area contributed by atoms with Crippen molar-refractivity contribution in [2.24, 2.45) is 0 Å². The Morgan fingerprint density at radius 3 is 1.28 bits per heavy atom. The highest BCUT2D eigenvalue weighted by atomic mass is 16.5. The van der Waals surface area contributed by atoms with Gasteiger partial charge in [-0.3, -0.25) is 4.98 Å². The van der Waals surface area contributed by atoms with E-state index in [1.54, 1.807) is 48.7 Å². The second-order valence-electron chi connectivity index (χ2n) is 34.7. The molecule has 0 unspecified atom stereocenters. The lowest BCUT2D eigenvalue weighted by Gasteiger charge is -2.09. The summed E-state index contributed by atoms with van der Waals surface area (Å²) < 4.78 is 108. The van der Waals surface area contributed by atoms with Gasteiger partial charge in [0.2, 0.25) is 0 Å². The maximum Gasteiger partial charge on any atom is 0.569 e. The van der Waals surface area contributed by atoms with Gasteiger partial charge in [0, 0.05) is 105 Å². The molecule has 0 fully saturated rings. The van der Waals surface area contributed by atoms with E-state index in [4.69, 9.17) is 81.4 Å². The van der Waals surface area contributed by atoms with Crippen LogP contribution in [-0.4, -0.2) is 81.2 Å². The molecule has 19 nitrogen and oxygen atoms in total. The predicted octanol–water partition coefficient (Wildman–Crippen LogP) is 29.5. The van der Waals surface area contributed by atoms with E-state index in [9.17, 15) is 10.0 Å². The zero-order chi connectivity index (χ0) is 106. The number of hydrogen-bond donors (Lipinski definition) is 6. The van der Waals surface area contributed by atoms with E-state index >= 15 is 0 Å². The van der Waals surface area contributed by atoms with Gasteiger partial charge in [-0.15, -0.1) is 0 Å². The Labute approximate surface area is 868 Å². The van der Waals surface area contributed by atoms with Crippen LogP contribution in [0, 0.1) is 0 Å². The standard InChI is InChI=1S/C26H16BO3.C23H15BNO3.C22H14BO3.3C18H12BO3/c28-27-30-26-20-13-7-5-11-18(20)15-22-23-21(16-8-2-1-3-9-16)14-17-10-4-6-12-19(17)24(23)29-25(22)26;26-24-28-21-14-16(20-11-4-5-12-25-20)13-19-18-10-6-9-17(22(18)27-23(19)21)15-7-2-1-3-8-15;24-23-26-16-10-11-18-19-12-15-8-4-5-9-17(15)21(14-6-2-1-3-7-14)22(19)25-20(18)13-16;20-19-22-16-11-5-10-15-14-9-4-8-13(17(14)21-18(15)16)12-6-2-1-3-7-12;20-19-22-17-8-4-7-16-18(17)14-11-13(9-10-15(14)21-16)12-5-2-1-3-6-12;20-19-22-17-8-4-7-14-15-11-13(12-5-2-1-3-6-12)9-10-16(15)21-18(14)17/h1-15,28H;1-14,26H;1-13,24H;3*1-11,20H/i;;;1D,2D,3D,6D,7D;;. The second kappa shape index (κ2) is 42.9. The van der Waals surface area contributed by atoms with Crippen LogP contribution in [0.4, 0.5) is 0 Å². The van der Waals surface area contributed by atoms with E-state index < -0.39 is 18.1 Å². The molecule has 28 aromatic rings. The topological polar surface area (TPSA) is 268 Å². The number of pyridine rings is 1. The number of rotatable bonds is 19. The van der Waals surface area contributed by atoms with E-state index in [0.29, 0.717) is 119 Å². The Hall–Kier alpha value is -18.7. The van der Waals surface area contributed by atoms with Crippen molar-refractivity contribution in [1.29, 1.82) is 0 Å². The van der Waals surface area contributed by atoms with Crippen molar-refractivity contribution < 1.29 is 91.4 Å². The fourth-order valence-corrected chi connectivity index (χ4v) is 19.5. The van der Waals surface area contributed by atoms with Crippen LogP contribution in [-0.2, 0) is 0 Å². The molecule has 0 spiro atoms. The molecule has 0 amide bonds. The average Bonchev–Trinajstić information content (AvgIpc) is 1.56. The molecule has 0 aliphatic rings. The van der Waals surface area contributed by atoms with Crippen molar-refractivity contribution in [3.63, 3.8) is 0 Å². The molecule has 0 saturated carbocycles. The van der Waals surface area contributed by atoms with E-state index in [1.165, 1.54) is 5.39 Å². The first-order chi connectivity index (χ1) is 76.2. The molecule has 7 aromatic heterocycles. The number of fused-ring (bicyclic) bond motifs is 22. The van der Waals surface area contributed by atoms with Crippen LogP contribution >= 0.6 is 0 Å². The number of furan rings is 6. The van der Waals surface area contributed by atoms with Gasteiger partial charge in [-0.05, 0) is 175 Å². The molecule has 28 rings (SSSR count). The second-order valence-corrected chi connectivity index (χ2v) is 34.7. The third kappa shape index (κ3) is 18.7. The first-order valence-electron chi connectivity index (χ1n) is 50.3. The molecule has 150 heavy (non-hydrogen) atoms. The molecule has 712 valence electrons. The van der Waals surface area contributed by atoms with Crippen molar-refractivity contribution in [3.8, 4) is 113 Å². The Morgan fingerprint density at radius 2 is 0.660 bits per heavy atom. The predicted molar refractivity (Wildman–Crippen MR) is 602 cm³/mol. The zero-order valence-corrected chi connectivity index (χ0v) is 79.4. The number of para-hydroxylation sites is 4. The summed E-state index contributed by atoms with van der Waals surface area (Å²) in [6, 6.07) is 135. The van der Waals surface area contributed by atoms with Crippen molar-refractivity contribution in [2.75, 3.05) is 0 Å². The molecule has 21 aromatic carbocycles. The lowest BCUT2D eigenvalue weighted by Crippen LogP contribution is -2.00. The first-order valence-corrected chi connectivity index (χ1v) is 47.8. The minimum atomic E-state index is -0.445. The van der Waals surface area contributed by atoms with Crippen LogP contribution in [0.3, 0.4) is 0 Å². The highest BCUT2D eigenvalue weighted by molar-refractivity contribution is 6.28. The van der Waals surface area contributed by atoms with Crippen molar-refractivity contribution >= 4 is 210 Å². The molecule has 7 heterocycles. The monoisotopic (exact) mass is 1950 g/mol. The fourth-order valence-electron chi connectivity index (χ4n) is 19.5.